The first-order valence-electron chi connectivity index (χ1n) is 5.51. The predicted molar refractivity (Wildman–Crippen MR) is 71.9 cm³/mol. The quantitative estimate of drug-likeness (QED) is 0.679. The van der Waals surface area contributed by atoms with E-state index in [2.05, 4.69) is 4.98 Å². The molecule has 1 heterocycles. The third-order valence-corrected chi connectivity index (χ3v) is 3.67. The van der Waals surface area contributed by atoms with Gasteiger partial charge in [0.1, 0.15) is 0 Å². The predicted octanol–water partition coefficient (Wildman–Crippen LogP) is 2.09. The Hall–Kier alpha value is -1.75. The molecular formula is C13H14N2O2S. The molecule has 0 aliphatic carbocycles. The molecule has 1 aromatic heterocycles. The van der Waals surface area contributed by atoms with E-state index in [-0.39, 0.29) is 11.4 Å². The van der Waals surface area contributed by atoms with Gasteiger partial charge in [-0.2, -0.15) is 4.98 Å². The SMILES string of the molecule is Cc1ccc(CSc2nc(O)cc(=O)n2C)cc1. The van der Waals surface area contributed by atoms with E-state index in [0.29, 0.717) is 10.9 Å². The Balaban J connectivity index is 2.15. The van der Waals surface area contributed by atoms with Crippen LogP contribution in [0.5, 0.6) is 5.88 Å². The summed E-state index contributed by atoms with van der Waals surface area (Å²) >= 11 is 1.43. The molecule has 2 aromatic rings. The number of hydrogen-bond acceptors (Lipinski definition) is 4. The Kier molecular flexibility index (Phi) is 3.72. The second-order valence-corrected chi connectivity index (χ2v) is 5.01. The molecule has 0 atom stereocenters. The monoisotopic (exact) mass is 262 g/mol. The lowest BCUT2D eigenvalue weighted by Gasteiger charge is -2.06. The Morgan fingerprint density at radius 2 is 2.00 bits per heavy atom. The lowest BCUT2D eigenvalue weighted by atomic mass is 10.2. The van der Waals surface area contributed by atoms with Crippen LogP contribution in [0.4, 0.5) is 0 Å². The number of aromatic hydroxyl groups is 1. The summed E-state index contributed by atoms with van der Waals surface area (Å²) in [7, 11) is 1.65. The molecule has 0 saturated carbocycles. The van der Waals surface area contributed by atoms with Crippen molar-refractivity contribution in [3.05, 3.63) is 51.8 Å². The van der Waals surface area contributed by atoms with Crippen LogP contribution in [-0.4, -0.2) is 14.7 Å². The molecule has 0 aliphatic rings. The van der Waals surface area contributed by atoms with Gasteiger partial charge < -0.3 is 5.11 Å². The largest absolute Gasteiger partial charge is 0.493 e. The molecule has 0 aliphatic heterocycles. The summed E-state index contributed by atoms with van der Waals surface area (Å²) in [5.41, 5.74) is 2.11. The number of benzene rings is 1. The van der Waals surface area contributed by atoms with Crippen LogP contribution in [0.2, 0.25) is 0 Å². The maximum absolute atomic E-state index is 11.5. The van der Waals surface area contributed by atoms with E-state index in [4.69, 9.17) is 0 Å². The second-order valence-electron chi connectivity index (χ2n) is 4.07. The van der Waals surface area contributed by atoms with Crippen LogP contribution in [0.3, 0.4) is 0 Å². The van der Waals surface area contributed by atoms with Crippen LogP contribution in [0.1, 0.15) is 11.1 Å². The summed E-state index contributed by atoms with van der Waals surface area (Å²) < 4.78 is 1.43. The van der Waals surface area contributed by atoms with E-state index in [9.17, 15) is 9.90 Å². The number of hydrogen-bond donors (Lipinski definition) is 1. The molecule has 1 aromatic carbocycles. The third kappa shape index (κ3) is 2.92. The number of rotatable bonds is 3. The molecule has 4 nitrogen and oxygen atoms in total. The Morgan fingerprint density at radius 3 is 2.67 bits per heavy atom. The van der Waals surface area contributed by atoms with Crippen molar-refractivity contribution in [2.75, 3.05) is 0 Å². The summed E-state index contributed by atoms with van der Waals surface area (Å²) in [5, 5.41) is 9.83. The van der Waals surface area contributed by atoms with Gasteiger partial charge in [0.15, 0.2) is 5.16 Å². The van der Waals surface area contributed by atoms with Crippen molar-refractivity contribution < 1.29 is 5.11 Å². The molecule has 0 radical (unpaired) electrons. The molecule has 0 spiro atoms. The van der Waals surface area contributed by atoms with Gasteiger partial charge in [-0.05, 0) is 12.5 Å². The average Bonchev–Trinajstić information content (AvgIpc) is 2.34. The van der Waals surface area contributed by atoms with E-state index in [1.807, 2.05) is 31.2 Å². The lowest BCUT2D eigenvalue weighted by Crippen LogP contribution is -2.18. The first kappa shape index (κ1) is 12.7. The van der Waals surface area contributed by atoms with E-state index in [1.165, 1.54) is 21.9 Å². The van der Waals surface area contributed by atoms with Crippen molar-refractivity contribution in [1.29, 1.82) is 0 Å². The average molecular weight is 262 g/mol. The number of aryl methyl sites for hydroxylation is 1. The minimum atomic E-state index is -0.256. The van der Waals surface area contributed by atoms with Gasteiger partial charge in [-0.1, -0.05) is 41.6 Å². The molecule has 0 fully saturated rings. The van der Waals surface area contributed by atoms with Gasteiger partial charge >= 0.3 is 0 Å². The molecular weight excluding hydrogens is 248 g/mol. The number of thioether (sulfide) groups is 1. The van der Waals surface area contributed by atoms with Crippen LogP contribution >= 0.6 is 11.8 Å². The highest BCUT2D eigenvalue weighted by molar-refractivity contribution is 7.98. The van der Waals surface area contributed by atoms with Crippen molar-refractivity contribution in [2.24, 2.45) is 7.05 Å². The van der Waals surface area contributed by atoms with Crippen LogP contribution in [-0.2, 0) is 12.8 Å². The summed E-state index contributed by atoms with van der Waals surface area (Å²) in [5.74, 6) is 0.480. The van der Waals surface area contributed by atoms with Crippen molar-refractivity contribution in [2.45, 2.75) is 17.8 Å². The second kappa shape index (κ2) is 5.27. The Morgan fingerprint density at radius 1 is 1.33 bits per heavy atom. The van der Waals surface area contributed by atoms with Gasteiger partial charge in [0.2, 0.25) is 5.88 Å². The highest BCUT2D eigenvalue weighted by Crippen LogP contribution is 2.20. The standard InChI is InChI=1S/C13H14N2O2S/c1-9-3-5-10(6-4-9)8-18-13-14-11(16)7-12(17)15(13)2/h3-7,16H,8H2,1-2H3. The highest BCUT2D eigenvalue weighted by Gasteiger charge is 2.05. The van der Waals surface area contributed by atoms with Gasteiger partial charge in [-0.3, -0.25) is 9.36 Å². The van der Waals surface area contributed by atoms with Gasteiger partial charge in [-0.25, -0.2) is 0 Å². The first-order chi connectivity index (χ1) is 8.56. The van der Waals surface area contributed by atoms with E-state index in [0.717, 1.165) is 11.6 Å². The molecule has 0 unspecified atom stereocenters. The summed E-state index contributed by atoms with van der Waals surface area (Å²) in [6.45, 7) is 2.04. The van der Waals surface area contributed by atoms with Gasteiger partial charge in [0.25, 0.3) is 5.56 Å². The maximum atomic E-state index is 11.5. The minimum absolute atomic E-state index is 0.232. The Bertz CT molecular complexity index is 605. The zero-order valence-electron chi connectivity index (χ0n) is 10.3. The highest BCUT2D eigenvalue weighted by atomic mass is 32.2. The normalized spacial score (nSPS) is 10.6. The number of nitrogens with zero attached hydrogens (tertiary/aromatic N) is 2. The molecule has 2 rings (SSSR count). The minimum Gasteiger partial charge on any atom is -0.493 e. The molecule has 0 saturated heterocycles. The van der Waals surface area contributed by atoms with Gasteiger partial charge in [0.05, 0.1) is 6.07 Å². The maximum Gasteiger partial charge on any atom is 0.257 e. The van der Waals surface area contributed by atoms with Crippen molar-refractivity contribution >= 4 is 11.8 Å². The zero-order chi connectivity index (χ0) is 13.1. The van der Waals surface area contributed by atoms with Crippen LogP contribution in [0.25, 0.3) is 0 Å². The van der Waals surface area contributed by atoms with Crippen LogP contribution in [0, 0.1) is 6.92 Å². The fourth-order valence-corrected chi connectivity index (χ4v) is 2.40. The molecule has 94 valence electrons. The van der Waals surface area contributed by atoms with Crippen LogP contribution < -0.4 is 5.56 Å². The number of aromatic nitrogens is 2. The summed E-state index contributed by atoms with van der Waals surface area (Å²) in [6, 6.07) is 9.29. The summed E-state index contributed by atoms with van der Waals surface area (Å²) in [4.78, 5) is 15.4. The lowest BCUT2D eigenvalue weighted by molar-refractivity contribution is 0.437. The molecule has 0 bridgehead atoms. The molecule has 0 amide bonds. The van der Waals surface area contributed by atoms with E-state index < -0.39 is 0 Å². The van der Waals surface area contributed by atoms with Crippen molar-refractivity contribution in [1.82, 2.24) is 9.55 Å². The summed E-state index contributed by atoms with van der Waals surface area (Å²) in [6.07, 6.45) is 0. The van der Waals surface area contributed by atoms with Gasteiger partial charge in [0, 0.05) is 12.8 Å². The molecule has 18 heavy (non-hydrogen) atoms. The van der Waals surface area contributed by atoms with E-state index >= 15 is 0 Å². The third-order valence-electron chi connectivity index (χ3n) is 2.57. The fourth-order valence-electron chi connectivity index (χ4n) is 1.47. The van der Waals surface area contributed by atoms with Gasteiger partial charge in [-0.15, -0.1) is 0 Å². The Labute approximate surface area is 109 Å². The topological polar surface area (TPSA) is 55.1 Å². The zero-order valence-corrected chi connectivity index (χ0v) is 11.1. The smallest absolute Gasteiger partial charge is 0.257 e. The van der Waals surface area contributed by atoms with Crippen molar-refractivity contribution in [3.63, 3.8) is 0 Å². The fraction of sp³-hybridized carbons (Fsp3) is 0.231. The first-order valence-corrected chi connectivity index (χ1v) is 6.50. The van der Waals surface area contributed by atoms with E-state index in [1.54, 1.807) is 7.05 Å². The van der Waals surface area contributed by atoms with Crippen molar-refractivity contribution in [3.8, 4) is 5.88 Å². The van der Waals surface area contributed by atoms with Crippen LogP contribution in [0.15, 0.2) is 40.3 Å². The molecule has 5 heteroatoms. The molecule has 1 N–H and O–H groups in total.